The SMILES string of the molecule is C=CC[SiH2]OC(=C)C=C. The molecule has 0 aromatic rings. The summed E-state index contributed by atoms with van der Waals surface area (Å²) in [6.07, 6.45) is 3.48. The van der Waals surface area contributed by atoms with Gasteiger partial charge in [0.15, 0.2) is 0 Å². The van der Waals surface area contributed by atoms with Gasteiger partial charge >= 0.3 is 0 Å². The maximum absolute atomic E-state index is 5.19. The van der Waals surface area contributed by atoms with E-state index in [-0.39, 0.29) is 0 Å². The van der Waals surface area contributed by atoms with Gasteiger partial charge in [-0.15, -0.1) is 6.58 Å². The lowest BCUT2D eigenvalue weighted by Crippen LogP contribution is -1.93. The van der Waals surface area contributed by atoms with Crippen molar-refractivity contribution in [1.82, 2.24) is 0 Å². The average Bonchev–Trinajstić information content (AvgIpc) is 1.89. The van der Waals surface area contributed by atoms with Crippen molar-refractivity contribution >= 4 is 9.76 Å². The fraction of sp³-hybridized carbons (Fsp3) is 0.143. The van der Waals surface area contributed by atoms with E-state index < -0.39 is 9.76 Å². The predicted octanol–water partition coefficient (Wildman–Crippen LogP) is 1.39. The second-order valence-corrected chi connectivity index (χ2v) is 2.87. The van der Waals surface area contributed by atoms with E-state index in [2.05, 4.69) is 19.7 Å². The van der Waals surface area contributed by atoms with Crippen LogP contribution in [0.15, 0.2) is 37.6 Å². The van der Waals surface area contributed by atoms with Crippen LogP contribution in [0.5, 0.6) is 0 Å². The minimum absolute atomic E-state index is 0.436. The van der Waals surface area contributed by atoms with Crippen molar-refractivity contribution in [3.8, 4) is 0 Å². The molecular formula is C7H12OSi. The van der Waals surface area contributed by atoms with Crippen molar-refractivity contribution < 1.29 is 4.43 Å². The Morgan fingerprint density at radius 3 is 2.67 bits per heavy atom. The van der Waals surface area contributed by atoms with Gasteiger partial charge in [0.25, 0.3) is 0 Å². The largest absolute Gasteiger partial charge is 0.549 e. The molecule has 0 unspecified atom stereocenters. The van der Waals surface area contributed by atoms with Crippen molar-refractivity contribution in [3.63, 3.8) is 0 Å². The average molecular weight is 140 g/mol. The number of hydrogen-bond acceptors (Lipinski definition) is 1. The van der Waals surface area contributed by atoms with E-state index in [4.69, 9.17) is 4.43 Å². The summed E-state index contributed by atoms with van der Waals surface area (Å²) in [5.74, 6) is 0.684. The third-order valence-corrected chi connectivity index (χ3v) is 2.06. The Balaban J connectivity index is 3.16. The van der Waals surface area contributed by atoms with E-state index in [1.165, 1.54) is 0 Å². The van der Waals surface area contributed by atoms with Crippen LogP contribution in [-0.4, -0.2) is 9.76 Å². The Labute approximate surface area is 58.7 Å². The Bertz CT molecular complexity index is 118. The zero-order valence-corrected chi connectivity index (χ0v) is 7.01. The molecule has 0 aliphatic carbocycles. The summed E-state index contributed by atoms with van der Waals surface area (Å²) in [6, 6.07) is 0.993. The molecule has 0 atom stereocenters. The van der Waals surface area contributed by atoms with Crippen LogP contribution in [0.3, 0.4) is 0 Å². The molecule has 0 rings (SSSR count). The van der Waals surface area contributed by atoms with Gasteiger partial charge in [-0.2, -0.15) is 0 Å². The standard InChI is InChI=1S/C7H12OSi/c1-4-6-9-8-7(3)5-2/h4-5H,1-3,6,9H2. The van der Waals surface area contributed by atoms with Crippen LogP contribution in [0, 0.1) is 0 Å². The first-order chi connectivity index (χ1) is 4.31. The topological polar surface area (TPSA) is 9.23 Å². The fourth-order valence-corrected chi connectivity index (χ4v) is 0.997. The van der Waals surface area contributed by atoms with Crippen LogP contribution in [-0.2, 0) is 4.43 Å². The van der Waals surface area contributed by atoms with Gasteiger partial charge in [0, 0.05) is 0 Å². The van der Waals surface area contributed by atoms with Crippen LogP contribution in [0.1, 0.15) is 0 Å². The van der Waals surface area contributed by atoms with Crippen LogP contribution in [0.4, 0.5) is 0 Å². The fourth-order valence-electron chi connectivity index (χ4n) is 0.332. The molecule has 9 heavy (non-hydrogen) atoms. The summed E-state index contributed by atoms with van der Waals surface area (Å²) in [5.41, 5.74) is 0. The van der Waals surface area contributed by atoms with Crippen molar-refractivity contribution in [2.75, 3.05) is 0 Å². The van der Waals surface area contributed by atoms with Crippen molar-refractivity contribution in [2.24, 2.45) is 0 Å². The number of hydrogen-bond donors (Lipinski definition) is 0. The maximum atomic E-state index is 5.19. The normalized spacial score (nSPS) is 9.33. The summed E-state index contributed by atoms with van der Waals surface area (Å²) < 4.78 is 5.19. The molecule has 50 valence electrons. The summed E-state index contributed by atoms with van der Waals surface area (Å²) in [5, 5.41) is 0. The highest BCUT2D eigenvalue weighted by Crippen LogP contribution is 1.93. The minimum Gasteiger partial charge on any atom is -0.549 e. The smallest absolute Gasteiger partial charge is 0.223 e. The Morgan fingerprint density at radius 2 is 2.22 bits per heavy atom. The van der Waals surface area contributed by atoms with E-state index in [1.54, 1.807) is 6.08 Å². The molecule has 0 fully saturated rings. The van der Waals surface area contributed by atoms with Gasteiger partial charge in [-0.1, -0.05) is 19.2 Å². The van der Waals surface area contributed by atoms with Crippen LogP contribution in [0.25, 0.3) is 0 Å². The van der Waals surface area contributed by atoms with E-state index >= 15 is 0 Å². The first-order valence-electron chi connectivity index (χ1n) is 2.86. The molecule has 0 saturated carbocycles. The maximum Gasteiger partial charge on any atom is 0.223 e. The Hall–Kier alpha value is -0.763. The van der Waals surface area contributed by atoms with E-state index in [0.717, 1.165) is 6.04 Å². The van der Waals surface area contributed by atoms with Gasteiger partial charge in [0.2, 0.25) is 9.76 Å². The van der Waals surface area contributed by atoms with E-state index in [0.29, 0.717) is 5.76 Å². The molecule has 0 aromatic carbocycles. The molecule has 0 N–H and O–H groups in total. The molecule has 0 aliphatic rings. The highest BCUT2D eigenvalue weighted by molar-refractivity contribution is 6.28. The third-order valence-electron chi connectivity index (χ3n) is 0.837. The van der Waals surface area contributed by atoms with Gasteiger partial charge in [-0.05, 0) is 12.1 Å². The highest BCUT2D eigenvalue weighted by atomic mass is 28.2. The van der Waals surface area contributed by atoms with Gasteiger partial charge in [-0.25, -0.2) is 0 Å². The summed E-state index contributed by atoms with van der Waals surface area (Å²) in [4.78, 5) is 0. The molecule has 0 heterocycles. The lowest BCUT2D eigenvalue weighted by atomic mass is 10.6. The van der Waals surface area contributed by atoms with Gasteiger partial charge in [-0.3, -0.25) is 0 Å². The van der Waals surface area contributed by atoms with Gasteiger partial charge in [0.1, 0.15) is 0 Å². The van der Waals surface area contributed by atoms with E-state index in [1.807, 2.05) is 6.08 Å². The Kier molecular flexibility index (Phi) is 4.92. The molecule has 0 bridgehead atoms. The zero-order chi connectivity index (χ0) is 7.11. The second kappa shape index (κ2) is 5.38. The van der Waals surface area contributed by atoms with Crippen molar-refractivity contribution in [3.05, 3.63) is 37.6 Å². The molecular weight excluding hydrogens is 128 g/mol. The Morgan fingerprint density at radius 1 is 1.56 bits per heavy atom. The van der Waals surface area contributed by atoms with E-state index in [9.17, 15) is 0 Å². The van der Waals surface area contributed by atoms with Crippen molar-refractivity contribution in [1.29, 1.82) is 0 Å². The first-order valence-corrected chi connectivity index (χ1v) is 4.44. The quantitative estimate of drug-likeness (QED) is 0.184. The molecule has 0 amide bonds. The lowest BCUT2D eigenvalue weighted by molar-refractivity contribution is 0.478. The monoisotopic (exact) mass is 140 g/mol. The number of rotatable bonds is 5. The van der Waals surface area contributed by atoms with Crippen LogP contribution in [0.2, 0.25) is 6.04 Å². The van der Waals surface area contributed by atoms with Crippen LogP contribution < -0.4 is 0 Å². The second-order valence-electron chi connectivity index (χ2n) is 1.60. The molecule has 0 aliphatic heterocycles. The molecule has 0 aromatic heterocycles. The predicted molar refractivity (Wildman–Crippen MR) is 44.0 cm³/mol. The molecule has 0 saturated heterocycles. The number of allylic oxidation sites excluding steroid dienone is 2. The molecule has 0 spiro atoms. The first kappa shape index (κ1) is 8.24. The summed E-state index contributed by atoms with van der Waals surface area (Å²) in [7, 11) is -0.436. The summed E-state index contributed by atoms with van der Waals surface area (Å²) >= 11 is 0. The highest BCUT2D eigenvalue weighted by Gasteiger charge is 1.84. The molecule has 0 radical (unpaired) electrons. The summed E-state index contributed by atoms with van der Waals surface area (Å²) in [6.45, 7) is 10.7. The molecule has 1 nitrogen and oxygen atoms in total. The van der Waals surface area contributed by atoms with Gasteiger partial charge in [0.05, 0.1) is 5.76 Å². The van der Waals surface area contributed by atoms with Crippen molar-refractivity contribution in [2.45, 2.75) is 6.04 Å². The minimum atomic E-state index is -0.436. The lowest BCUT2D eigenvalue weighted by Gasteiger charge is -2.00. The zero-order valence-electron chi connectivity index (χ0n) is 5.60. The third kappa shape index (κ3) is 5.10. The molecule has 2 heteroatoms. The van der Waals surface area contributed by atoms with Crippen LogP contribution >= 0.6 is 0 Å². The van der Waals surface area contributed by atoms with Gasteiger partial charge < -0.3 is 4.43 Å².